The van der Waals surface area contributed by atoms with Crippen LogP contribution in [-0.2, 0) is 4.74 Å². The Kier molecular flexibility index (Phi) is 4.08. The maximum absolute atomic E-state index is 5.75. The molecule has 2 heterocycles. The standard InChI is InChI=1S/C15H25N3O2/c1-4-19-13(9(2)3)14-17-15(20-18-14)12-11-7-5-6-10(11)8-16-12/h9-13,16H,4-8H2,1-3H3. The summed E-state index contributed by atoms with van der Waals surface area (Å²) >= 11 is 0. The average Bonchev–Trinajstić information content (AvgIpc) is 3.10. The number of fused-ring (bicyclic) bond motifs is 1. The third-order valence-electron chi connectivity index (χ3n) is 4.68. The van der Waals surface area contributed by atoms with Gasteiger partial charge in [0.15, 0.2) is 0 Å². The molecule has 4 atom stereocenters. The molecule has 4 unspecified atom stereocenters. The molecule has 0 amide bonds. The highest BCUT2D eigenvalue weighted by molar-refractivity contribution is 5.04. The van der Waals surface area contributed by atoms with E-state index in [2.05, 4.69) is 29.3 Å². The van der Waals surface area contributed by atoms with E-state index in [1.165, 1.54) is 19.3 Å². The lowest BCUT2D eigenvalue weighted by molar-refractivity contribution is 0.0217. The summed E-state index contributed by atoms with van der Waals surface area (Å²) in [6.07, 6.45) is 3.88. The largest absolute Gasteiger partial charge is 0.370 e. The molecular weight excluding hydrogens is 254 g/mol. The van der Waals surface area contributed by atoms with Crippen LogP contribution in [0.15, 0.2) is 4.52 Å². The number of hydrogen-bond donors (Lipinski definition) is 1. The van der Waals surface area contributed by atoms with Crippen LogP contribution in [0.5, 0.6) is 0 Å². The van der Waals surface area contributed by atoms with Crippen molar-refractivity contribution in [3.05, 3.63) is 11.7 Å². The molecule has 112 valence electrons. The van der Waals surface area contributed by atoms with Gasteiger partial charge in [0.25, 0.3) is 0 Å². The first-order chi connectivity index (χ1) is 9.70. The molecule has 1 aliphatic carbocycles. The van der Waals surface area contributed by atoms with Crippen LogP contribution in [0.3, 0.4) is 0 Å². The second-order valence-electron chi connectivity index (χ2n) is 6.35. The van der Waals surface area contributed by atoms with E-state index >= 15 is 0 Å². The monoisotopic (exact) mass is 279 g/mol. The molecule has 1 N–H and O–H groups in total. The third-order valence-corrected chi connectivity index (χ3v) is 4.68. The van der Waals surface area contributed by atoms with Gasteiger partial charge in [0.05, 0.1) is 6.04 Å². The van der Waals surface area contributed by atoms with Crippen LogP contribution in [0.2, 0.25) is 0 Å². The molecule has 3 rings (SSSR count). The number of aromatic nitrogens is 2. The average molecular weight is 279 g/mol. The van der Waals surface area contributed by atoms with E-state index in [0.717, 1.165) is 18.4 Å². The lowest BCUT2D eigenvalue weighted by atomic mass is 9.94. The summed E-state index contributed by atoms with van der Waals surface area (Å²) in [5.74, 6) is 3.26. The number of ether oxygens (including phenoxy) is 1. The molecule has 0 aromatic carbocycles. The van der Waals surface area contributed by atoms with Crippen molar-refractivity contribution in [3.8, 4) is 0 Å². The van der Waals surface area contributed by atoms with Gasteiger partial charge in [-0.15, -0.1) is 0 Å². The molecule has 1 aliphatic heterocycles. The predicted molar refractivity (Wildman–Crippen MR) is 75.1 cm³/mol. The van der Waals surface area contributed by atoms with Crippen molar-refractivity contribution in [2.24, 2.45) is 17.8 Å². The predicted octanol–water partition coefficient (Wildman–Crippen LogP) is 2.86. The van der Waals surface area contributed by atoms with Crippen molar-refractivity contribution in [2.75, 3.05) is 13.2 Å². The van der Waals surface area contributed by atoms with Gasteiger partial charge in [0, 0.05) is 6.61 Å². The van der Waals surface area contributed by atoms with Crippen molar-refractivity contribution < 1.29 is 9.26 Å². The second-order valence-corrected chi connectivity index (χ2v) is 6.35. The first kappa shape index (κ1) is 14.0. The van der Waals surface area contributed by atoms with Gasteiger partial charge in [-0.25, -0.2) is 0 Å². The minimum absolute atomic E-state index is 0.0710. The van der Waals surface area contributed by atoms with E-state index in [0.29, 0.717) is 24.3 Å². The highest BCUT2D eigenvalue weighted by Gasteiger charge is 2.42. The van der Waals surface area contributed by atoms with Crippen LogP contribution < -0.4 is 5.32 Å². The van der Waals surface area contributed by atoms with Crippen molar-refractivity contribution in [3.63, 3.8) is 0 Å². The maximum Gasteiger partial charge on any atom is 0.244 e. The van der Waals surface area contributed by atoms with Crippen LogP contribution in [0.1, 0.15) is 63.9 Å². The van der Waals surface area contributed by atoms with Gasteiger partial charge in [0.1, 0.15) is 6.10 Å². The van der Waals surface area contributed by atoms with Crippen molar-refractivity contribution >= 4 is 0 Å². The van der Waals surface area contributed by atoms with Crippen LogP contribution in [0.25, 0.3) is 0 Å². The summed E-state index contributed by atoms with van der Waals surface area (Å²) in [6, 6.07) is 0.248. The fourth-order valence-electron chi connectivity index (χ4n) is 3.69. The van der Waals surface area contributed by atoms with Crippen molar-refractivity contribution in [2.45, 2.75) is 52.2 Å². The first-order valence-corrected chi connectivity index (χ1v) is 7.89. The Bertz CT molecular complexity index is 446. The number of nitrogens with zero attached hydrogens (tertiary/aromatic N) is 2. The Morgan fingerprint density at radius 3 is 3.00 bits per heavy atom. The van der Waals surface area contributed by atoms with E-state index in [1.54, 1.807) is 0 Å². The van der Waals surface area contributed by atoms with Crippen molar-refractivity contribution in [1.29, 1.82) is 0 Å². The molecule has 2 aliphatic rings. The Hall–Kier alpha value is -0.940. The summed E-state index contributed by atoms with van der Waals surface area (Å²) in [6.45, 7) is 8.00. The van der Waals surface area contributed by atoms with Crippen molar-refractivity contribution in [1.82, 2.24) is 15.5 Å². The van der Waals surface area contributed by atoms with E-state index in [-0.39, 0.29) is 12.1 Å². The number of rotatable bonds is 5. The smallest absolute Gasteiger partial charge is 0.244 e. The molecule has 2 fully saturated rings. The normalized spacial score (nSPS) is 30.9. The Balaban J connectivity index is 1.76. The minimum Gasteiger partial charge on any atom is -0.370 e. The molecule has 1 saturated heterocycles. The summed E-state index contributed by atoms with van der Waals surface area (Å²) in [4.78, 5) is 4.63. The van der Waals surface area contributed by atoms with Gasteiger partial charge in [-0.2, -0.15) is 4.98 Å². The summed E-state index contributed by atoms with van der Waals surface area (Å²) in [5.41, 5.74) is 0. The molecule has 1 aromatic rings. The van der Waals surface area contributed by atoms with E-state index in [4.69, 9.17) is 9.26 Å². The zero-order valence-electron chi connectivity index (χ0n) is 12.6. The minimum atomic E-state index is -0.0710. The Morgan fingerprint density at radius 1 is 1.40 bits per heavy atom. The van der Waals surface area contributed by atoms with Crippen LogP contribution >= 0.6 is 0 Å². The molecule has 1 aromatic heterocycles. The topological polar surface area (TPSA) is 60.2 Å². The van der Waals surface area contributed by atoms with Gasteiger partial charge < -0.3 is 14.6 Å². The molecule has 0 spiro atoms. The van der Waals surface area contributed by atoms with Gasteiger partial charge in [0.2, 0.25) is 11.7 Å². The zero-order valence-corrected chi connectivity index (χ0v) is 12.6. The second kappa shape index (κ2) is 5.82. The lowest BCUT2D eigenvalue weighted by Gasteiger charge is -2.17. The van der Waals surface area contributed by atoms with Gasteiger partial charge in [-0.3, -0.25) is 0 Å². The summed E-state index contributed by atoms with van der Waals surface area (Å²) in [5, 5.41) is 7.72. The van der Waals surface area contributed by atoms with E-state index in [9.17, 15) is 0 Å². The SMILES string of the molecule is CCOC(c1noc(C2NCC3CCCC32)n1)C(C)C. The quantitative estimate of drug-likeness (QED) is 0.898. The van der Waals surface area contributed by atoms with Crippen LogP contribution in [0.4, 0.5) is 0 Å². The van der Waals surface area contributed by atoms with Gasteiger partial charge >= 0.3 is 0 Å². The molecule has 5 nitrogen and oxygen atoms in total. The third kappa shape index (κ3) is 2.49. The van der Waals surface area contributed by atoms with E-state index in [1.807, 2.05) is 6.92 Å². The molecule has 5 heteroatoms. The fourth-order valence-corrected chi connectivity index (χ4v) is 3.69. The first-order valence-electron chi connectivity index (χ1n) is 7.89. The summed E-state index contributed by atoms with van der Waals surface area (Å²) in [7, 11) is 0. The molecule has 1 saturated carbocycles. The fraction of sp³-hybridized carbons (Fsp3) is 0.867. The molecule has 0 bridgehead atoms. The highest BCUT2D eigenvalue weighted by Crippen LogP contribution is 2.44. The highest BCUT2D eigenvalue weighted by atomic mass is 16.5. The number of hydrogen-bond acceptors (Lipinski definition) is 5. The summed E-state index contributed by atoms with van der Waals surface area (Å²) < 4.78 is 11.3. The molecule has 20 heavy (non-hydrogen) atoms. The molecule has 0 radical (unpaired) electrons. The zero-order chi connectivity index (χ0) is 14.1. The Morgan fingerprint density at radius 2 is 2.25 bits per heavy atom. The van der Waals surface area contributed by atoms with Gasteiger partial charge in [-0.1, -0.05) is 25.4 Å². The maximum atomic E-state index is 5.75. The van der Waals surface area contributed by atoms with Crippen LogP contribution in [-0.4, -0.2) is 23.3 Å². The molecular formula is C15H25N3O2. The lowest BCUT2D eigenvalue weighted by Crippen LogP contribution is -2.18. The Labute approximate surface area is 120 Å². The van der Waals surface area contributed by atoms with Crippen LogP contribution in [0, 0.1) is 17.8 Å². The number of nitrogens with one attached hydrogen (secondary N) is 1. The van der Waals surface area contributed by atoms with E-state index < -0.39 is 0 Å². The van der Waals surface area contributed by atoms with Gasteiger partial charge in [-0.05, 0) is 44.1 Å².